The third-order valence-corrected chi connectivity index (χ3v) is 4.65. The Morgan fingerprint density at radius 1 is 1.25 bits per heavy atom. The molecule has 3 amide bonds. The predicted octanol–water partition coefficient (Wildman–Crippen LogP) is 2.05. The van der Waals surface area contributed by atoms with E-state index in [9.17, 15) is 9.59 Å². The second-order valence-corrected chi connectivity index (χ2v) is 6.71. The number of rotatable bonds is 6. The van der Waals surface area contributed by atoms with Crippen molar-refractivity contribution >= 4 is 30.0 Å². The number of hydrogen-bond acceptors (Lipinski definition) is 4. The van der Waals surface area contributed by atoms with E-state index in [1.54, 1.807) is 17.9 Å². The number of likely N-dealkylation sites (tertiary alicyclic amines) is 1. The maximum absolute atomic E-state index is 12.5. The van der Waals surface area contributed by atoms with E-state index in [1.807, 2.05) is 42.4 Å². The van der Waals surface area contributed by atoms with E-state index >= 15 is 0 Å². The zero-order valence-corrected chi connectivity index (χ0v) is 17.0. The van der Waals surface area contributed by atoms with Crippen LogP contribution in [0, 0.1) is 0 Å². The number of hydrogen-bond donors (Lipinski definition) is 3. The van der Waals surface area contributed by atoms with Gasteiger partial charge in [-0.05, 0) is 37.6 Å². The number of aromatic nitrogens is 2. The van der Waals surface area contributed by atoms with Crippen LogP contribution in [-0.4, -0.2) is 46.8 Å². The molecule has 3 N–H and O–H groups in total. The van der Waals surface area contributed by atoms with Crippen molar-refractivity contribution in [1.82, 2.24) is 25.3 Å². The summed E-state index contributed by atoms with van der Waals surface area (Å²) in [4.78, 5) is 26.5. The second-order valence-electron chi connectivity index (χ2n) is 6.71. The molecule has 1 unspecified atom stereocenters. The molecule has 9 heteroatoms. The maximum atomic E-state index is 12.5. The van der Waals surface area contributed by atoms with Crippen molar-refractivity contribution in [2.45, 2.75) is 25.4 Å². The fraction of sp³-hybridized carbons (Fsp3) is 0.421. The van der Waals surface area contributed by atoms with Gasteiger partial charge in [-0.15, -0.1) is 12.4 Å². The van der Waals surface area contributed by atoms with Crippen molar-refractivity contribution in [2.75, 3.05) is 25.5 Å². The Morgan fingerprint density at radius 2 is 2.00 bits per heavy atom. The first-order valence-corrected chi connectivity index (χ1v) is 9.15. The molecule has 0 aliphatic carbocycles. The van der Waals surface area contributed by atoms with E-state index in [1.165, 1.54) is 0 Å². The maximum Gasteiger partial charge on any atom is 0.321 e. The van der Waals surface area contributed by atoms with Gasteiger partial charge in [0.1, 0.15) is 6.04 Å². The number of nitrogens with zero attached hydrogens (tertiary/aromatic N) is 3. The molecule has 1 fully saturated rings. The molecule has 8 nitrogen and oxygen atoms in total. The summed E-state index contributed by atoms with van der Waals surface area (Å²) in [5, 5.41) is 13.0. The minimum Gasteiger partial charge on any atom is -0.350 e. The molecule has 2 aromatic rings. The monoisotopic (exact) mass is 406 g/mol. The lowest BCUT2D eigenvalue weighted by molar-refractivity contribution is -0.123. The van der Waals surface area contributed by atoms with Gasteiger partial charge in [-0.25, -0.2) is 4.79 Å². The van der Waals surface area contributed by atoms with Gasteiger partial charge in [-0.3, -0.25) is 9.48 Å². The number of anilines is 1. The highest BCUT2D eigenvalue weighted by molar-refractivity contribution is 5.89. The van der Waals surface area contributed by atoms with Crippen molar-refractivity contribution in [2.24, 2.45) is 7.05 Å². The first kappa shape index (κ1) is 21.7. The van der Waals surface area contributed by atoms with Crippen LogP contribution in [0.3, 0.4) is 0 Å². The van der Waals surface area contributed by atoms with Crippen molar-refractivity contribution < 1.29 is 9.59 Å². The van der Waals surface area contributed by atoms with E-state index in [0.717, 1.165) is 42.7 Å². The van der Waals surface area contributed by atoms with Crippen LogP contribution < -0.4 is 16.0 Å². The summed E-state index contributed by atoms with van der Waals surface area (Å²) >= 11 is 0. The van der Waals surface area contributed by atoms with Crippen molar-refractivity contribution in [1.29, 1.82) is 0 Å². The minimum atomic E-state index is -0.461. The number of carbonyl (C=O) groups is 2. The molecule has 3 rings (SSSR count). The van der Waals surface area contributed by atoms with Crippen LogP contribution in [0.1, 0.15) is 30.0 Å². The zero-order valence-electron chi connectivity index (χ0n) is 16.1. The standard InChI is InChI=1S/C19H26N6O2.ClH/c1-20-17(15-12-22-24(2)13-15)18(26)21-11-14-6-5-7-16(10-14)23-19(27)25-8-3-4-9-25;/h5-7,10,12-13,17,20H,3-4,8-9,11H2,1-2H3,(H,21,26)(H,23,27);1H. The molecular weight excluding hydrogens is 380 g/mol. The van der Waals surface area contributed by atoms with Gasteiger partial charge in [-0.1, -0.05) is 12.1 Å². The largest absolute Gasteiger partial charge is 0.350 e. The van der Waals surface area contributed by atoms with E-state index < -0.39 is 6.04 Å². The minimum absolute atomic E-state index is 0. The number of amides is 3. The molecule has 28 heavy (non-hydrogen) atoms. The molecule has 1 atom stereocenters. The summed E-state index contributed by atoms with van der Waals surface area (Å²) in [6.07, 6.45) is 5.61. The van der Waals surface area contributed by atoms with Gasteiger partial charge in [0.15, 0.2) is 0 Å². The Hall–Kier alpha value is -2.58. The van der Waals surface area contributed by atoms with Crippen LogP contribution >= 0.6 is 12.4 Å². The average Bonchev–Trinajstić information content (AvgIpc) is 3.33. The number of aryl methyl sites for hydroxylation is 1. The van der Waals surface area contributed by atoms with Crippen LogP contribution in [0.25, 0.3) is 0 Å². The number of nitrogens with one attached hydrogen (secondary N) is 3. The quantitative estimate of drug-likeness (QED) is 0.684. The first-order chi connectivity index (χ1) is 13.1. The van der Waals surface area contributed by atoms with Gasteiger partial charge in [0, 0.05) is 44.1 Å². The van der Waals surface area contributed by atoms with Crippen molar-refractivity contribution in [3.63, 3.8) is 0 Å². The van der Waals surface area contributed by atoms with Crippen molar-refractivity contribution in [3.8, 4) is 0 Å². The second kappa shape index (κ2) is 10.1. The smallest absolute Gasteiger partial charge is 0.321 e. The molecule has 1 saturated heterocycles. The summed E-state index contributed by atoms with van der Waals surface area (Å²) in [5.74, 6) is -0.128. The van der Waals surface area contributed by atoms with Crippen LogP contribution in [0.5, 0.6) is 0 Å². The Kier molecular flexibility index (Phi) is 7.83. The molecule has 0 spiro atoms. The Balaban J connectivity index is 0.00000280. The molecule has 2 heterocycles. The summed E-state index contributed by atoms with van der Waals surface area (Å²) < 4.78 is 1.67. The van der Waals surface area contributed by atoms with Gasteiger partial charge in [0.2, 0.25) is 5.91 Å². The molecule has 0 saturated carbocycles. The Morgan fingerprint density at radius 3 is 2.64 bits per heavy atom. The zero-order chi connectivity index (χ0) is 19.2. The number of halogens is 1. The summed E-state index contributed by atoms with van der Waals surface area (Å²) in [6, 6.07) is 7.00. The van der Waals surface area contributed by atoms with Gasteiger partial charge in [0.05, 0.1) is 6.20 Å². The SMILES string of the molecule is CNC(C(=O)NCc1cccc(NC(=O)N2CCCC2)c1)c1cnn(C)c1.Cl. The van der Waals surface area contributed by atoms with Crippen LogP contribution in [0.2, 0.25) is 0 Å². The highest BCUT2D eigenvalue weighted by Gasteiger charge is 2.20. The fourth-order valence-electron chi connectivity index (χ4n) is 3.21. The lowest BCUT2D eigenvalue weighted by atomic mass is 10.1. The molecule has 0 radical (unpaired) electrons. The predicted molar refractivity (Wildman–Crippen MR) is 110 cm³/mol. The van der Waals surface area contributed by atoms with E-state index in [0.29, 0.717) is 6.54 Å². The molecule has 1 aliphatic rings. The summed E-state index contributed by atoms with van der Waals surface area (Å²) in [7, 11) is 3.56. The number of carbonyl (C=O) groups excluding carboxylic acids is 2. The molecular formula is C19H27ClN6O2. The van der Waals surface area contributed by atoms with E-state index in [-0.39, 0.29) is 24.3 Å². The lowest BCUT2D eigenvalue weighted by Crippen LogP contribution is -2.35. The molecule has 1 aromatic heterocycles. The van der Waals surface area contributed by atoms with Gasteiger partial charge < -0.3 is 20.9 Å². The number of benzene rings is 1. The van der Waals surface area contributed by atoms with E-state index in [2.05, 4.69) is 21.0 Å². The highest BCUT2D eigenvalue weighted by Crippen LogP contribution is 2.15. The van der Waals surface area contributed by atoms with Crippen LogP contribution in [0.15, 0.2) is 36.7 Å². The molecule has 1 aromatic carbocycles. The molecule has 0 bridgehead atoms. The van der Waals surface area contributed by atoms with Gasteiger partial charge >= 0.3 is 6.03 Å². The van der Waals surface area contributed by atoms with Crippen LogP contribution in [-0.2, 0) is 18.4 Å². The lowest BCUT2D eigenvalue weighted by Gasteiger charge is -2.17. The summed E-state index contributed by atoms with van der Waals surface area (Å²) in [5.41, 5.74) is 2.46. The molecule has 152 valence electrons. The Bertz CT molecular complexity index is 803. The normalized spacial score (nSPS) is 14.3. The third-order valence-electron chi connectivity index (χ3n) is 4.65. The van der Waals surface area contributed by atoms with Crippen LogP contribution in [0.4, 0.5) is 10.5 Å². The Labute approximate surface area is 171 Å². The number of likely N-dealkylation sites (N-methyl/N-ethyl adjacent to an activating group) is 1. The average molecular weight is 407 g/mol. The highest BCUT2D eigenvalue weighted by atomic mass is 35.5. The topological polar surface area (TPSA) is 91.3 Å². The van der Waals surface area contributed by atoms with Gasteiger partial charge in [-0.2, -0.15) is 5.10 Å². The number of urea groups is 1. The first-order valence-electron chi connectivity index (χ1n) is 9.15. The van der Waals surface area contributed by atoms with Crippen molar-refractivity contribution in [3.05, 3.63) is 47.8 Å². The van der Waals surface area contributed by atoms with Gasteiger partial charge in [0.25, 0.3) is 0 Å². The summed E-state index contributed by atoms with van der Waals surface area (Å²) in [6.45, 7) is 1.99. The molecule has 1 aliphatic heterocycles. The van der Waals surface area contributed by atoms with E-state index in [4.69, 9.17) is 0 Å². The fourth-order valence-corrected chi connectivity index (χ4v) is 3.21. The third kappa shape index (κ3) is 5.46.